The summed E-state index contributed by atoms with van der Waals surface area (Å²) in [6, 6.07) is 17.7. The minimum absolute atomic E-state index is 0.217. The molecule has 0 saturated heterocycles. The Morgan fingerprint density at radius 1 is 1.07 bits per heavy atom. The minimum atomic E-state index is -0.991. The normalized spacial score (nSPS) is 11.8. The monoisotopic (exact) mass is 360 g/mol. The van der Waals surface area contributed by atoms with E-state index >= 15 is 0 Å². The van der Waals surface area contributed by atoms with Crippen molar-refractivity contribution in [3.63, 3.8) is 0 Å². The molecule has 1 heterocycles. The highest BCUT2D eigenvalue weighted by Crippen LogP contribution is 2.41. The fraction of sp³-hybridized carbons (Fsp3) is 0.0476. The van der Waals surface area contributed by atoms with Gasteiger partial charge in [-0.3, -0.25) is 0 Å². The quantitative estimate of drug-likeness (QED) is 0.330. The summed E-state index contributed by atoms with van der Waals surface area (Å²) in [6.45, 7) is 0. The molecule has 0 fully saturated rings. The predicted molar refractivity (Wildman–Crippen MR) is 102 cm³/mol. The van der Waals surface area contributed by atoms with E-state index in [1.165, 1.54) is 0 Å². The molecule has 6 nitrogen and oxygen atoms in total. The standard InChI is InChI=1S/C21H16N2O4/c1-26-13-7-9-17-19(11-13)27-18-10-12(23-22)6-8-16(18)20(17)14-4-2-3-5-15(14)21(24)25/h2-11H,22H2,1H3,(H,24,25)/b23-12+. The van der Waals surface area contributed by atoms with E-state index in [-0.39, 0.29) is 5.56 Å². The molecule has 1 aliphatic carbocycles. The van der Waals surface area contributed by atoms with Crippen LogP contribution in [-0.2, 0) is 0 Å². The van der Waals surface area contributed by atoms with Crippen molar-refractivity contribution in [2.75, 3.05) is 7.11 Å². The first-order valence-corrected chi connectivity index (χ1v) is 8.23. The molecule has 0 spiro atoms. The maximum Gasteiger partial charge on any atom is 0.336 e. The molecule has 1 aliphatic heterocycles. The summed E-state index contributed by atoms with van der Waals surface area (Å²) in [7, 11) is 1.58. The van der Waals surface area contributed by atoms with E-state index in [1.807, 2.05) is 24.3 Å². The largest absolute Gasteiger partial charge is 0.497 e. The molecule has 134 valence electrons. The maximum absolute atomic E-state index is 11.8. The van der Waals surface area contributed by atoms with Crippen molar-refractivity contribution in [1.29, 1.82) is 0 Å². The van der Waals surface area contributed by atoms with Gasteiger partial charge in [0.15, 0.2) is 0 Å². The molecule has 0 bridgehead atoms. The van der Waals surface area contributed by atoms with Crippen LogP contribution in [0.25, 0.3) is 33.4 Å². The van der Waals surface area contributed by atoms with Gasteiger partial charge in [-0.1, -0.05) is 18.2 Å². The van der Waals surface area contributed by atoms with E-state index in [4.69, 9.17) is 15.0 Å². The molecule has 2 aliphatic rings. The lowest BCUT2D eigenvalue weighted by molar-refractivity contribution is 0.0697. The van der Waals surface area contributed by atoms with Crippen molar-refractivity contribution in [2.24, 2.45) is 10.9 Å². The number of hydrogen-bond donors (Lipinski definition) is 2. The smallest absolute Gasteiger partial charge is 0.336 e. The second-order valence-electron chi connectivity index (χ2n) is 6.00. The molecular formula is C21H16N2O4. The van der Waals surface area contributed by atoms with Gasteiger partial charge in [0.1, 0.15) is 17.1 Å². The first kappa shape index (κ1) is 16.7. The molecular weight excluding hydrogens is 344 g/mol. The van der Waals surface area contributed by atoms with Crippen molar-refractivity contribution in [1.82, 2.24) is 0 Å². The molecule has 0 saturated carbocycles. The van der Waals surface area contributed by atoms with Crippen LogP contribution < -0.4 is 15.9 Å². The van der Waals surface area contributed by atoms with E-state index in [9.17, 15) is 9.90 Å². The van der Waals surface area contributed by atoms with Crippen molar-refractivity contribution in [3.05, 3.63) is 71.6 Å². The average Bonchev–Trinajstić information content (AvgIpc) is 2.71. The van der Waals surface area contributed by atoms with Crippen molar-refractivity contribution < 1.29 is 19.1 Å². The lowest BCUT2D eigenvalue weighted by Crippen LogP contribution is -2.06. The molecule has 27 heavy (non-hydrogen) atoms. The zero-order valence-corrected chi connectivity index (χ0v) is 14.5. The van der Waals surface area contributed by atoms with Crippen LogP contribution >= 0.6 is 0 Å². The van der Waals surface area contributed by atoms with E-state index in [2.05, 4.69) is 5.10 Å². The van der Waals surface area contributed by atoms with Gasteiger partial charge in [-0.15, -0.1) is 0 Å². The maximum atomic E-state index is 11.8. The molecule has 6 heteroatoms. The van der Waals surface area contributed by atoms with E-state index in [0.29, 0.717) is 28.0 Å². The van der Waals surface area contributed by atoms with Crippen LogP contribution in [0, 0.1) is 0 Å². The summed E-state index contributed by atoms with van der Waals surface area (Å²) in [5.74, 6) is 5.60. The minimum Gasteiger partial charge on any atom is -0.497 e. The topological polar surface area (TPSA) is 98.0 Å². The number of nitrogens with zero attached hydrogens (tertiary/aromatic N) is 1. The van der Waals surface area contributed by atoms with Gasteiger partial charge in [0, 0.05) is 28.6 Å². The highest BCUT2D eigenvalue weighted by atomic mass is 16.5. The van der Waals surface area contributed by atoms with Crippen molar-refractivity contribution in [2.45, 2.75) is 0 Å². The zero-order valence-electron chi connectivity index (χ0n) is 14.5. The first-order chi connectivity index (χ1) is 13.1. The number of carbonyl (C=O) groups is 1. The molecule has 4 rings (SSSR count). The summed E-state index contributed by atoms with van der Waals surface area (Å²) in [6.07, 6.45) is 0. The van der Waals surface area contributed by atoms with Gasteiger partial charge in [-0.05, 0) is 35.9 Å². The van der Waals surface area contributed by atoms with Crippen LogP contribution in [-0.4, -0.2) is 18.2 Å². The second-order valence-corrected chi connectivity index (χ2v) is 6.00. The van der Waals surface area contributed by atoms with Gasteiger partial charge in [0.2, 0.25) is 0 Å². The van der Waals surface area contributed by atoms with Crippen LogP contribution in [0.2, 0.25) is 0 Å². The third kappa shape index (κ3) is 2.77. The number of aromatic carboxylic acids is 1. The summed E-state index contributed by atoms with van der Waals surface area (Å²) < 4.78 is 11.3. The Morgan fingerprint density at radius 3 is 2.63 bits per heavy atom. The van der Waals surface area contributed by atoms with Crippen LogP contribution in [0.1, 0.15) is 10.4 Å². The zero-order chi connectivity index (χ0) is 19.0. The van der Waals surface area contributed by atoms with Crippen molar-refractivity contribution in [3.8, 4) is 28.2 Å². The van der Waals surface area contributed by atoms with Crippen LogP contribution in [0.15, 0.2) is 70.2 Å². The Hall–Kier alpha value is -3.80. The van der Waals surface area contributed by atoms with Crippen molar-refractivity contribution >= 4 is 16.9 Å². The number of rotatable bonds is 3. The Morgan fingerprint density at radius 2 is 1.89 bits per heavy atom. The average molecular weight is 360 g/mol. The fourth-order valence-electron chi connectivity index (χ4n) is 3.24. The van der Waals surface area contributed by atoms with Gasteiger partial charge < -0.3 is 20.1 Å². The summed E-state index contributed by atoms with van der Waals surface area (Å²) in [5, 5.41) is 14.7. The van der Waals surface area contributed by atoms with E-state index < -0.39 is 5.97 Å². The molecule has 2 aromatic rings. The molecule has 2 aromatic carbocycles. The van der Waals surface area contributed by atoms with Crippen LogP contribution in [0.5, 0.6) is 5.75 Å². The number of carboxylic acids is 1. The fourth-order valence-corrected chi connectivity index (χ4v) is 3.24. The van der Waals surface area contributed by atoms with Gasteiger partial charge in [-0.2, -0.15) is 5.10 Å². The van der Waals surface area contributed by atoms with Crippen LogP contribution in [0.3, 0.4) is 0 Å². The first-order valence-electron chi connectivity index (χ1n) is 8.23. The SMILES string of the molecule is COc1ccc2c(-c3ccccc3C(=O)O)c3cc/c(=N\N)cc-3oc2c1. The number of methoxy groups -OCH3 is 1. The highest BCUT2D eigenvalue weighted by Gasteiger charge is 2.21. The number of benzene rings is 3. The number of nitrogens with two attached hydrogens (primary N) is 1. The molecule has 3 N–H and O–H groups in total. The summed E-state index contributed by atoms with van der Waals surface area (Å²) in [5.41, 5.74) is 2.95. The Labute approximate surface area is 154 Å². The Kier molecular flexibility index (Phi) is 4.01. The van der Waals surface area contributed by atoms with Gasteiger partial charge in [-0.25, -0.2) is 4.79 Å². The highest BCUT2D eigenvalue weighted by molar-refractivity contribution is 6.07. The van der Waals surface area contributed by atoms with Gasteiger partial charge >= 0.3 is 5.97 Å². The lowest BCUT2D eigenvalue weighted by atomic mass is 9.91. The molecule has 0 aromatic heterocycles. The number of ether oxygens (including phenoxy) is 1. The molecule has 0 amide bonds. The lowest BCUT2D eigenvalue weighted by Gasteiger charge is -2.17. The third-order valence-electron chi connectivity index (χ3n) is 4.49. The molecule has 0 radical (unpaired) electrons. The second kappa shape index (κ2) is 6.49. The molecule has 0 atom stereocenters. The van der Waals surface area contributed by atoms with Gasteiger partial charge in [0.05, 0.1) is 18.0 Å². The van der Waals surface area contributed by atoms with E-state index in [1.54, 1.807) is 43.5 Å². The Balaban J connectivity index is 2.19. The summed E-state index contributed by atoms with van der Waals surface area (Å²) in [4.78, 5) is 11.8. The number of fused-ring (bicyclic) bond motifs is 2. The number of carboxylic acid groups (broad SMARTS) is 1. The van der Waals surface area contributed by atoms with Gasteiger partial charge in [0.25, 0.3) is 0 Å². The van der Waals surface area contributed by atoms with Crippen LogP contribution in [0.4, 0.5) is 0 Å². The predicted octanol–water partition coefficient (Wildman–Crippen LogP) is 3.69. The Bertz CT molecular complexity index is 1210. The molecule has 0 unspecified atom stereocenters. The van der Waals surface area contributed by atoms with E-state index in [0.717, 1.165) is 16.5 Å². The summed E-state index contributed by atoms with van der Waals surface area (Å²) >= 11 is 0. The third-order valence-corrected chi connectivity index (χ3v) is 4.49. The number of hydrogen-bond acceptors (Lipinski definition) is 5.